The minimum Gasteiger partial charge on any atom is -0.344 e. The molecule has 1 heterocycles. The van der Waals surface area contributed by atoms with Gasteiger partial charge < -0.3 is 10.3 Å². The van der Waals surface area contributed by atoms with Crippen LogP contribution >= 0.6 is 11.6 Å². The van der Waals surface area contributed by atoms with Crippen LogP contribution in [-0.4, -0.2) is 16.5 Å². The number of imidazole rings is 1. The number of hydrogen-bond donors (Lipinski definition) is 2. The maximum Gasteiger partial charge on any atom is 0.151 e. The van der Waals surface area contributed by atoms with E-state index in [2.05, 4.69) is 43.0 Å². The lowest BCUT2D eigenvalue weighted by atomic mass is 9.90. The summed E-state index contributed by atoms with van der Waals surface area (Å²) in [6, 6.07) is 0. The van der Waals surface area contributed by atoms with Gasteiger partial charge in [-0.05, 0) is 18.3 Å². The van der Waals surface area contributed by atoms with Crippen molar-refractivity contribution >= 4 is 11.6 Å². The number of aromatic amines is 1. The summed E-state index contributed by atoms with van der Waals surface area (Å²) < 4.78 is 0. The third kappa shape index (κ3) is 4.99. The van der Waals surface area contributed by atoms with Gasteiger partial charge in [-0.2, -0.15) is 0 Å². The Hall–Kier alpha value is -0.540. The molecule has 0 aromatic carbocycles. The zero-order valence-electron chi connectivity index (χ0n) is 12.1. The lowest BCUT2D eigenvalue weighted by Crippen LogP contribution is -2.28. The van der Waals surface area contributed by atoms with Gasteiger partial charge in [-0.15, -0.1) is 0 Å². The molecule has 0 saturated heterocycles. The summed E-state index contributed by atoms with van der Waals surface area (Å²) in [5, 5.41) is 4.06. The van der Waals surface area contributed by atoms with E-state index in [1.165, 1.54) is 12.8 Å². The Morgan fingerprint density at radius 3 is 2.67 bits per heavy atom. The molecule has 0 fully saturated rings. The summed E-state index contributed by atoms with van der Waals surface area (Å²) in [5.74, 6) is 1.01. The fraction of sp³-hybridized carbons (Fsp3) is 0.786. The molecule has 0 unspecified atom stereocenters. The van der Waals surface area contributed by atoms with Gasteiger partial charge in [0.2, 0.25) is 0 Å². The highest BCUT2D eigenvalue weighted by Crippen LogP contribution is 2.19. The Kier molecular flexibility index (Phi) is 6.16. The Bertz CT molecular complexity index is 358. The zero-order chi connectivity index (χ0) is 13.6. The number of H-pyrrole nitrogens is 1. The number of aryl methyl sites for hydroxylation is 1. The van der Waals surface area contributed by atoms with Crippen LogP contribution in [0.25, 0.3) is 0 Å². The molecule has 0 spiro atoms. The summed E-state index contributed by atoms with van der Waals surface area (Å²) >= 11 is 6.13. The summed E-state index contributed by atoms with van der Waals surface area (Å²) in [6.07, 6.45) is 4.48. The highest BCUT2D eigenvalue weighted by atomic mass is 35.5. The number of hydrogen-bond acceptors (Lipinski definition) is 2. The lowest BCUT2D eigenvalue weighted by Gasteiger charge is -2.22. The van der Waals surface area contributed by atoms with E-state index in [-0.39, 0.29) is 0 Å². The van der Waals surface area contributed by atoms with Crippen molar-refractivity contribution in [1.82, 2.24) is 15.3 Å². The van der Waals surface area contributed by atoms with Crippen LogP contribution in [0.5, 0.6) is 0 Å². The number of rotatable bonds is 8. The minimum absolute atomic E-state index is 0.331. The standard InChI is InChI=1S/C14H26ClN3/c1-5-7-8-12-17-11(13(15)18-12)9-16-10-14(3,4)6-2/h16H,5-10H2,1-4H3,(H,17,18). The number of nitrogens with zero attached hydrogens (tertiary/aromatic N) is 1. The zero-order valence-corrected chi connectivity index (χ0v) is 12.8. The van der Waals surface area contributed by atoms with Gasteiger partial charge in [0, 0.05) is 19.5 Å². The van der Waals surface area contributed by atoms with Crippen molar-refractivity contribution in [2.45, 2.75) is 59.9 Å². The molecule has 0 aliphatic heterocycles. The van der Waals surface area contributed by atoms with Crippen LogP contribution in [0.1, 0.15) is 58.5 Å². The van der Waals surface area contributed by atoms with Crippen LogP contribution in [-0.2, 0) is 13.0 Å². The number of aromatic nitrogens is 2. The first-order chi connectivity index (χ1) is 8.48. The van der Waals surface area contributed by atoms with E-state index in [4.69, 9.17) is 11.6 Å². The van der Waals surface area contributed by atoms with Gasteiger partial charge in [-0.25, -0.2) is 4.98 Å². The number of halogens is 1. The summed E-state index contributed by atoms with van der Waals surface area (Å²) in [5.41, 5.74) is 1.34. The molecule has 104 valence electrons. The maximum absolute atomic E-state index is 6.13. The van der Waals surface area contributed by atoms with E-state index in [0.29, 0.717) is 10.6 Å². The molecule has 1 aromatic rings. The molecule has 0 aliphatic carbocycles. The highest BCUT2D eigenvalue weighted by molar-refractivity contribution is 6.30. The first kappa shape index (κ1) is 15.5. The molecule has 0 atom stereocenters. The number of unbranched alkanes of at least 4 members (excludes halogenated alkanes) is 1. The van der Waals surface area contributed by atoms with Crippen molar-refractivity contribution in [3.05, 3.63) is 16.7 Å². The molecule has 3 nitrogen and oxygen atoms in total. The largest absolute Gasteiger partial charge is 0.344 e. The molecular formula is C14H26ClN3. The average Bonchev–Trinajstić information content (AvgIpc) is 2.67. The van der Waals surface area contributed by atoms with Crippen molar-refractivity contribution in [3.63, 3.8) is 0 Å². The van der Waals surface area contributed by atoms with Crippen LogP contribution in [0, 0.1) is 5.41 Å². The molecule has 0 amide bonds. The molecule has 0 bridgehead atoms. The van der Waals surface area contributed by atoms with E-state index in [9.17, 15) is 0 Å². The van der Waals surface area contributed by atoms with E-state index >= 15 is 0 Å². The van der Waals surface area contributed by atoms with Crippen molar-refractivity contribution < 1.29 is 0 Å². The first-order valence-corrected chi connectivity index (χ1v) is 7.30. The number of nitrogens with one attached hydrogen (secondary N) is 2. The molecule has 0 aliphatic rings. The first-order valence-electron chi connectivity index (χ1n) is 6.92. The van der Waals surface area contributed by atoms with Gasteiger partial charge in [0.15, 0.2) is 5.15 Å². The predicted octanol–water partition coefficient (Wildman–Crippen LogP) is 3.93. The smallest absolute Gasteiger partial charge is 0.151 e. The molecule has 4 heteroatoms. The molecule has 0 radical (unpaired) electrons. The second kappa shape index (κ2) is 7.15. The quantitative estimate of drug-likeness (QED) is 0.752. The van der Waals surface area contributed by atoms with E-state index in [1.807, 2.05) is 0 Å². The van der Waals surface area contributed by atoms with Crippen molar-refractivity contribution in [2.24, 2.45) is 5.41 Å². The van der Waals surface area contributed by atoms with Gasteiger partial charge in [-0.1, -0.05) is 45.7 Å². The normalized spacial score (nSPS) is 12.1. The Morgan fingerprint density at radius 2 is 2.06 bits per heavy atom. The third-order valence-electron chi connectivity index (χ3n) is 3.41. The maximum atomic E-state index is 6.13. The van der Waals surface area contributed by atoms with Crippen molar-refractivity contribution in [2.75, 3.05) is 6.54 Å². The minimum atomic E-state index is 0.331. The monoisotopic (exact) mass is 271 g/mol. The molecule has 18 heavy (non-hydrogen) atoms. The van der Waals surface area contributed by atoms with E-state index < -0.39 is 0 Å². The second-order valence-electron chi connectivity index (χ2n) is 5.68. The van der Waals surface area contributed by atoms with Crippen LogP contribution in [0.2, 0.25) is 5.15 Å². The molecule has 2 N–H and O–H groups in total. The predicted molar refractivity (Wildman–Crippen MR) is 78.0 cm³/mol. The van der Waals surface area contributed by atoms with E-state index in [0.717, 1.165) is 37.4 Å². The summed E-state index contributed by atoms with van der Waals surface area (Å²) in [4.78, 5) is 7.67. The molecule has 1 aromatic heterocycles. The fourth-order valence-corrected chi connectivity index (χ4v) is 1.89. The van der Waals surface area contributed by atoms with Gasteiger partial charge >= 0.3 is 0 Å². The average molecular weight is 272 g/mol. The third-order valence-corrected chi connectivity index (χ3v) is 3.72. The SMILES string of the molecule is CCCCc1nc(Cl)c(CNCC(C)(C)CC)[nH]1. The van der Waals surface area contributed by atoms with E-state index in [1.54, 1.807) is 0 Å². The Labute approximate surface area is 116 Å². The van der Waals surface area contributed by atoms with Crippen LogP contribution < -0.4 is 5.32 Å². The molecule has 0 saturated carbocycles. The van der Waals surface area contributed by atoms with Crippen molar-refractivity contribution in [3.8, 4) is 0 Å². The van der Waals surface area contributed by atoms with Crippen LogP contribution in [0.4, 0.5) is 0 Å². The van der Waals surface area contributed by atoms with Crippen molar-refractivity contribution in [1.29, 1.82) is 0 Å². The van der Waals surface area contributed by atoms with Gasteiger partial charge in [0.05, 0.1) is 5.69 Å². The van der Waals surface area contributed by atoms with Crippen LogP contribution in [0.15, 0.2) is 0 Å². The van der Waals surface area contributed by atoms with Gasteiger partial charge in [-0.3, -0.25) is 0 Å². The summed E-state index contributed by atoms with van der Waals surface area (Å²) in [7, 11) is 0. The topological polar surface area (TPSA) is 40.7 Å². The Morgan fingerprint density at radius 1 is 1.33 bits per heavy atom. The van der Waals surface area contributed by atoms with Gasteiger partial charge in [0.1, 0.15) is 5.82 Å². The highest BCUT2D eigenvalue weighted by Gasteiger charge is 2.15. The lowest BCUT2D eigenvalue weighted by molar-refractivity contribution is 0.327. The van der Waals surface area contributed by atoms with Crippen LogP contribution in [0.3, 0.4) is 0 Å². The molecule has 1 rings (SSSR count). The summed E-state index contributed by atoms with van der Waals surface area (Å²) in [6.45, 7) is 10.7. The van der Waals surface area contributed by atoms with Gasteiger partial charge in [0.25, 0.3) is 0 Å². The Balaban J connectivity index is 2.44. The fourth-order valence-electron chi connectivity index (χ4n) is 1.67. The second-order valence-corrected chi connectivity index (χ2v) is 6.04. The molecular weight excluding hydrogens is 246 g/mol.